The summed E-state index contributed by atoms with van der Waals surface area (Å²) in [5.74, 6) is 0.809. The summed E-state index contributed by atoms with van der Waals surface area (Å²) in [7, 11) is 0. The second-order valence-electron chi connectivity index (χ2n) is 7.10. The fraction of sp³-hybridized carbons (Fsp3) is 0.0833. The van der Waals surface area contributed by atoms with Gasteiger partial charge in [-0.3, -0.25) is 4.98 Å². The summed E-state index contributed by atoms with van der Waals surface area (Å²) in [6, 6.07) is 21.7. The second-order valence-corrected chi connectivity index (χ2v) is 7.10. The van der Waals surface area contributed by atoms with Crippen molar-refractivity contribution in [1.29, 1.82) is 0 Å². The summed E-state index contributed by atoms with van der Waals surface area (Å²) < 4.78 is 5.89. The molecule has 1 aromatic heterocycles. The maximum absolute atomic E-state index is 11.6. The van der Waals surface area contributed by atoms with E-state index in [4.69, 9.17) is 4.74 Å². The Bertz CT molecular complexity index is 1140. The standard InChI is InChI=1S/C24H20N4O2/c29-24-26-14-18-13-21(27-23(18)28-24)20-7-4-12-25-22(20)17-8-10-19(11-9-17)30-15-16-5-2-1-3-6-16/h1-14,23,27H,15H2,(H2,26,28,29). The minimum atomic E-state index is -0.226. The SMILES string of the molecule is O=C1NC=C2C=C(c3cccnc3-c3ccc(OCc4ccccc4)cc3)NC2N1. The Morgan fingerprint density at radius 2 is 1.77 bits per heavy atom. The number of ether oxygens (including phenoxy) is 1. The van der Waals surface area contributed by atoms with Crippen LogP contribution in [0.1, 0.15) is 11.1 Å². The van der Waals surface area contributed by atoms with E-state index in [0.717, 1.165) is 39.4 Å². The van der Waals surface area contributed by atoms with Crippen LogP contribution in [0.4, 0.5) is 4.79 Å². The van der Waals surface area contributed by atoms with E-state index in [1.54, 1.807) is 12.4 Å². The topological polar surface area (TPSA) is 75.3 Å². The zero-order valence-electron chi connectivity index (χ0n) is 16.1. The summed E-state index contributed by atoms with van der Waals surface area (Å²) in [5, 5.41) is 8.89. The first-order valence-corrected chi connectivity index (χ1v) is 9.74. The maximum atomic E-state index is 11.6. The number of hydrogen-bond donors (Lipinski definition) is 3. The molecule has 0 spiro atoms. The van der Waals surface area contributed by atoms with Crippen molar-refractivity contribution in [3.8, 4) is 17.0 Å². The van der Waals surface area contributed by atoms with Gasteiger partial charge >= 0.3 is 6.03 Å². The molecule has 148 valence electrons. The maximum Gasteiger partial charge on any atom is 0.320 e. The highest BCUT2D eigenvalue weighted by Gasteiger charge is 2.27. The number of pyridine rings is 1. The molecule has 0 bridgehead atoms. The van der Waals surface area contributed by atoms with E-state index in [2.05, 4.69) is 20.9 Å². The van der Waals surface area contributed by atoms with Gasteiger partial charge < -0.3 is 20.7 Å². The van der Waals surface area contributed by atoms with Gasteiger partial charge in [0.25, 0.3) is 0 Å². The Kier molecular flexibility index (Phi) is 4.65. The number of fused-ring (bicyclic) bond motifs is 1. The molecule has 3 aromatic rings. The van der Waals surface area contributed by atoms with Crippen molar-refractivity contribution in [2.24, 2.45) is 0 Å². The van der Waals surface area contributed by atoms with E-state index in [1.165, 1.54) is 0 Å². The van der Waals surface area contributed by atoms with Crippen LogP contribution in [0.5, 0.6) is 5.75 Å². The van der Waals surface area contributed by atoms with Crippen LogP contribution in [0, 0.1) is 0 Å². The van der Waals surface area contributed by atoms with Gasteiger partial charge in [0.2, 0.25) is 0 Å². The van der Waals surface area contributed by atoms with E-state index in [9.17, 15) is 4.79 Å². The van der Waals surface area contributed by atoms with Crippen LogP contribution in [0.3, 0.4) is 0 Å². The minimum Gasteiger partial charge on any atom is -0.489 e. The second kappa shape index (κ2) is 7.75. The summed E-state index contributed by atoms with van der Waals surface area (Å²) in [6.45, 7) is 0.530. The molecule has 6 nitrogen and oxygen atoms in total. The Morgan fingerprint density at radius 1 is 0.933 bits per heavy atom. The zero-order valence-corrected chi connectivity index (χ0v) is 16.1. The fourth-order valence-corrected chi connectivity index (χ4v) is 3.55. The lowest BCUT2D eigenvalue weighted by Crippen LogP contribution is -2.49. The van der Waals surface area contributed by atoms with Crippen molar-refractivity contribution in [2.45, 2.75) is 12.8 Å². The third kappa shape index (κ3) is 3.63. The molecule has 2 aliphatic heterocycles. The van der Waals surface area contributed by atoms with Crippen molar-refractivity contribution >= 4 is 11.7 Å². The molecule has 2 aromatic carbocycles. The quantitative estimate of drug-likeness (QED) is 0.613. The number of urea groups is 1. The minimum absolute atomic E-state index is 0.219. The van der Waals surface area contributed by atoms with Crippen LogP contribution in [-0.2, 0) is 6.61 Å². The van der Waals surface area contributed by atoms with Crippen LogP contribution in [-0.4, -0.2) is 17.2 Å². The van der Waals surface area contributed by atoms with Crippen LogP contribution < -0.4 is 20.7 Å². The van der Waals surface area contributed by atoms with E-state index in [0.29, 0.717) is 6.61 Å². The van der Waals surface area contributed by atoms with Crippen LogP contribution >= 0.6 is 0 Å². The molecule has 3 heterocycles. The molecule has 1 unspecified atom stereocenters. The molecule has 6 heteroatoms. The Hall–Kier alpha value is -4.06. The first-order valence-electron chi connectivity index (χ1n) is 9.74. The lowest BCUT2D eigenvalue weighted by atomic mass is 10.0. The van der Waals surface area contributed by atoms with Crippen molar-refractivity contribution in [2.75, 3.05) is 0 Å². The van der Waals surface area contributed by atoms with Crippen molar-refractivity contribution in [3.05, 3.63) is 102 Å². The number of carbonyl (C=O) groups excluding carboxylic acids is 1. The van der Waals surface area contributed by atoms with Gasteiger partial charge in [-0.25, -0.2) is 4.79 Å². The molecule has 5 rings (SSSR count). The molecule has 1 atom stereocenters. The zero-order chi connectivity index (χ0) is 20.3. The number of carbonyl (C=O) groups is 1. The molecule has 0 saturated heterocycles. The first kappa shape index (κ1) is 18.0. The Balaban J connectivity index is 1.36. The molecule has 3 N–H and O–H groups in total. The third-order valence-corrected chi connectivity index (χ3v) is 5.06. The average molecular weight is 396 g/mol. The van der Waals surface area contributed by atoms with Crippen molar-refractivity contribution in [1.82, 2.24) is 20.9 Å². The average Bonchev–Trinajstić information content (AvgIpc) is 3.22. The summed E-state index contributed by atoms with van der Waals surface area (Å²) >= 11 is 0. The molecule has 2 amide bonds. The molecule has 2 aliphatic rings. The van der Waals surface area contributed by atoms with E-state index < -0.39 is 0 Å². The smallest absolute Gasteiger partial charge is 0.320 e. The monoisotopic (exact) mass is 396 g/mol. The summed E-state index contributed by atoms with van der Waals surface area (Å²) in [4.78, 5) is 16.2. The van der Waals surface area contributed by atoms with Crippen LogP contribution in [0.2, 0.25) is 0 Å². The third-order valence-electron chi connectivity index (χ3n) is 5.06. The number of aromatic nitrogens is 1. The van der Waals surface area contributed by atoms with Crippen molar-refractivity contribution < 1.29 is 9.53 Å². The number of benzene rings is 2. The predicted molar refractivity (Wildman–Crippen MR) is 115 cm³/mol. The molecular weight excluding hydrogens is 376 g/mol. The van der Waals surface area contributed by atoms with Gasteiger partial charge in [-0.15, -0.1) is 0 Å². The number of hydrogen-bond acceptors (Lipinski definition) is 4. The predicted octanol–water partition coefficient (Wildman–Crippen LogP) is 3.79. The molecule has 0 saturated carbocycles. The highest BCUT2D eigenvalue weighted by molar-refractivity contribution is 5.84. The summed E-state index contributed by atoms with van der Waals surface area (Å²) in [5.41, 5.74) is 5.85. The van der Waals surface area contributed by atoms with Gasteiger partial charge in [-0.2, -0.15) is 0 Å². The van der Waals surface area contributed by atoms with E-state index in [-0.39, 0.29) is 12.2 Å². The van der Waals surface area contributed by atoms with Gasteiger partial charge in [-0.1, -0.05) is 30.3 Å². The Labute approximate surface area is 174 Å². The Morgan fingerprint density at radius 3 is 2.60 bits per heavy atom. The number of nitrogens with one attached hydrogen (secondary N) is 3. The molecule has 0 aliphatic carbocycles. The number of amides is 2. The summed E-state index contributed by atoms with van der Waals surface area (Å²) in [6.07, 6.45) is 5.30. The lowest BCUT2D eigenvalue weighted by molar-refractivity contribution is 0.239. The largest absolute Gasteiger partial charge is 0.489 e. The molecular formula is C24H20N4O2. The molecule has 30 heavy (non-hydrogen) atoms. The van der Waals surface area contributed by atoms with Gasteiger partial charge in [-0.05, 0) is 48.0 Å². The van der Waals surface area contributed by atoms with Crippen LogP contribution in [0.25, 0.3) is 17.0 Å². The van der Waals surface area contributed by atoms with Gasteiger partial charge in [0.1, 0.15) is 18.5 Å². The number of nitrogens with zero attached hydrogens (tertiary/aromatic N) is 1. The van der Waals surface area contributed by atoms with Gasteiger partial charge in [0, 0.05) is 34.8 Å². The van der Waals surface area contributed by atoms with E-state index in [1.807, 2.05) is 72.8 Å². The van der Waals surface area contributed by atoms with Crippen molar-refractivity contribution in [3.63, 3.8) is 0 Å². The fourth-order valence-electron chi connectivity index (χ4n) is 3.55. The lowest BCUT2D eigenvalue weighted by Gasteiger charge is -2.21. The van der Waals surface area contributed by atoms with E-state index >= 15 is 0 Å². The number of rotatable bonds is 5. The highest BCUT2D eigenvalue weighted by Crippen LogP contribution is 2.31. The van der Waals surface area contributed by atoms with Crippen LogP contribution in [0.15, 0.2) is 90.8 Å². The normalized spacial score (nSPS) is 17.1. The van der Waals surface area contributed by atoms with Gasteiger partial charge in [0.05, 0.1) is 5.69 Å². The molecule has 0 fully saturated rings. The highest BCUT2D eigenvalue weighted by atomic mass is 16.5. The molecule has 0 radical (unpaired) electrons. The first-order chi connectivity index (χ1) is 14.8. The van der Waals surface area contributed by atoms with Gasteiger partial charge in [0.15, 0.2) is 0 Å².